The Morgan fingerprint density at radius 3 is 2.71 bits per heavy atom. The average molecular weight is 238 g/mol. The van der Waals surface area contributed by atoms with Gasteiger partial charge in [-0.15, -0.1) is 0 Å². The summed E-state index contributed by atoms with van der Waals surface area (Å²) in [5, 5.41) is 19.5. The van der Waals surface area contributed by atoms with E-state index < -0.39 is 11.6 Å². The second kappa shape index (κ2) is 4.18. The van der Waals surface area contributed by atoms with Crippen molar-refractivity contribution in [3.8, 4) is 0 Å². The number of carboxylic acid groups (broad SMARTS) is 1. The molecule has 0 bridgehead atoms. The van der Waals surface area contributed by atoms with E-state index in [9.17, 15) is 9.90 Å². The summed E-state index contributed by atoms with van der Waals surface area (Å²) in [5.74, 6) is -0.315. The van der Waals surface area contributed by atoms with E-state index in [-0.39, 0.29) is 11.7 Å². The average Bonchev–Trinajstić information content (AvgIpc) is 2.73. The van der Waals surface area contributed by atoms with E-state index in [1.54, 1.807) is 6.07 Å². The Bertz CT molecular complexity index is 423. The summed E-state index contributed by atoms with van der Waals surface area (Å²) in [7, 11) is 0. The van der Waals surface area contributed by atoms with E-state index >= 15 is 0 Å². The molecular weight excluding hydrogens is 220 g/mol. The fourth-order valence-electron chi connectivity index (χ4n) is 2.64. The molecule has 1 aromatic heterocycles. The van der Waals surface area contributed by atoms with E-state index in [1.807, 2.05) is 6.92 Å². The van der Waals surface area contributed by atoms with Gasteiger partial charge in [-0.3, -0.25) is 0 Å². The summed E-state index contributed by atoms with van der Waals surface area (Å²) >= 11 is 0. The number of hydrogen-bond donors (Lipinski definition) is 2. The lowest BCUT2D eigenvalue weighted by Crippen LogP contribution is -2.38. The van der Waals surface area contributed by atoms with E-state index in [0.717, 1.165) is 12.8 Å². The van der Waals surface area contributed by atoms with Crippen molar-refractivity contribution < 1.29 is 19.4 Å². The molecule has 0 saturated heterocycles. The number of furan rings is 1. The topological polar surface area (TPSA) is 70.7 Å². The maximum Gasteiger partial charge on any atom is 0.371 e. The van der Waals surface area contributed by atoms with Crippen LogP contribution in [0.5, 0.6) is 0 Å². The van der Waals surface area contributed by atoms with Gasteiger partial charge in [0.25, 0.3) is 0 Å². The van der Waals surface area contributed by atoms with E-state index in [2.05, 4.69) is 6.92 Å². The number of carboxylic acids is 1. The summed E-state index contributed by atoms with van der Waals surface area (Å²) in [6.45, 7) is 4.08. The predicted octanol–water partition coefficient (Wildman–Crippen LogP) is 2.62. The molecule has 0 radical (unpaired) electrons. The molecule has 0 amide bonds. The van der Waals surface area contributed by atoms with Crippen LogP contribution in [0, 0.1) is 11.8 Å². The number of aromatic carboxylic acids is 1. The lowest BCUT2D eigenvalue weighted by atomic mass is 9.71. The SMILES string of the molecule is CC1CCC(C)C(O)(c2ccc(C(=O)O)o2)C1. The highest BCUT2D eigenvalue weighted by Crippen LogP contribution is 2.44. The van der Waals surface area contributed by atoms with Crippen molar-refractivity contribution in [1.29, 1.82) is 0 Å². The third kappa shape index (κ3) is 2.09. The molecule has 1 fully saturated rings. The highest BCUT2D eigenvalue weighted by Gasteiger charge is 2.43. The zero-order valence-corrected chi connectivity index (χ0v) is 10.1. The molecule has 4 nitrogen and oxygen atoms in total. The number of aliphatic hydroxyl groups is 1. The monoisotopic (exact) mass is 238 g/mol. The Balaban J connectivity index is 2.31. The minimum atomic E-state index is -1.10. The molecule has 0 aliphatic heterocycles. The van der Waals surface area contributed by atoms with Gasteiger partial charge in [-0.1, -0.05) is 20.3 Å². The first-order chi connectivity index (χ1) is 7.93. The maximum absolute atomic E-state index is 10.8. The zero-order chi connectivity index (χ0) is 12.6. The van der Waals surface area contributed by atoms with Crippen LogP contribution in [0.25, 0.3) is 0 Å². The van der Waals surface area contributed by atoms with Crippen LogP contribution in [0.1, 0.15) is 49.4 Å². The van der Waals surface area contributed by atoms with Gasteiger partial charge >= 0.3 is 5.97 Å². The van der Waals surface area contributed by atoms with Crippen molar-refractivity contribution in [3.05, 3.63) is 23.7 Å². The van der Waals surface area contributed by atoms with Gasteiger partial charge in [0.2, 0.25) is 5.76 Å². The van der Waals surface area contributed by atoms with Crippen molar-refractivity contribution >= 4 is 5.97 Å². The van der Waals surface area contributed by atoms with Crippen LogP contribution >= 0.6 is 0 Å². The number of carbonyl (C=O) groups is 1. The van der Waals surface area contributed by atoms with Gasteiger partial charge in [0, 0.05) is 0 Å². The normalized spacial score (nSPS) is 33.6. The molecule has 3 unspecified atom stereocenters. The molecular formula is C13H18O4. The molecule has 2 rings (SSSR count). The summed E-state index contributed by atoms with van der Waals surface area (Å²) in [6.07, 6.45) is 2.65. The molecule has 94 valence electrons. The molecule has 0 aromatic carbocycles. The summed E-state index contributed by atoms with van der Waals surface area (Å²) in [4.78, 5) is 10.8. The van der Waals surface area contributed by atoms with Crippen molar-refractivity contribution in [2.45, 2.75) is 38.7 Å². The van der Waals surface area contributed by atoms with E-state index in [4.69, 9.17) is 9.52 Å². The Morgan fingerprint density at radius 1 is 1.41 bits per heavy atom. The minimum absolute atomic E-state index is 0.0893. The third-order valence-corrected chi connectivity index (χ3v) is 3.81. The Labute approximate surface area is 100 Å². The molecule has 2 N–H and O–H groups in total. The zero-order valence-electron chi connectivity index (χ0n) is 10.1. The van der Waals surface area contributed by atoms with Gasteiger partial charge in [0.15, 0.2) is 0 Å². The van der Waals surface area contributed by atoms with E-state index in [0.29, 0.717) is 18.1 Å². The second-order valence-electron chi connectivity index (χ2n) is 5.18. The lowest BCUT2D eigenvalue weighted by molar-refractivity contribution is -0.0787. The van der Waals surface area contributed by atoms with Gasteiger partial charge in [-0.25, -0.2) is 4.79 Å². The first kappa shape index (κ1) is 12.2. The lowest BCUT2D eigenvalue weighted by Gasteiger charge is -2.39. The summed E-state index contributed by atoms with van der Waals surface area (Å²) < 4.78 is 5.26. The molecule has 1 heterocycles. The van der Waals surface area contributed by atoms with Crippen LogP contribution in [0.3, 0.4) is 0 Å². The summed E-state index contributed by atoms with van der Waals surface area (Å²) in [6, 6.07) is 2.99. The quantitative estimate of drug-likeness (QED) is 0.830. The first-order valence-corrected chi connectivity index (χ1v) is 5.99. The van der Waals surface area contributed by atoms with Crippen LogP contribution in [-0.2, 0) is 5.60 Å². The first-order valence-electron chi connectivity index (χ1n) is 5.99. The van der Waals surface area contributed by atoms with Crippen LogP contribution < -0.4 is 0 Å². The highest BCUT2D eigenvalue weighted by molar-refractivity contribution is 5.84. The van der Waals surface area contributed by atoms with Gasteiger partial charge in [-0.2, -0.15) is 0 Å². The fourth-order valence-corrected chi connectivity index (χ4v) is 2.64. The standard InChI is InChI=1S/C13H18O4/c1-8-3-4-9(2)13(16,7-8)11-6-5-10(17-11)12(14)15/h5-6,8-9,16H,3-4,7H2,1-2H3,(H,14,15). The van der Waals surface area contributed by atoms with Gasteiger partial charge < -0.3 is 14.6 Å². The van der Waals surface area contributed by atoms with E-state index in [1.165, 1.54) is 6.07 Å². The maximum atomic E-state index is 10.8. The minimum Gasteiger partial charge on any atom is -0.475 e. The molecule has 17 heavy (non-hydrogen) atoms. The highest BCUT2D eigenvalue weighted by atomic mass is 16.4. The molecule has 4 heteroatoms. The van der Waals surface area contributed by atoms with Crippen molar-refractivity contribution in [2.24, 2.45) is 11.8 Å². The predicted molar refractivity (Wildman–Crippen MR) is 61.7 cm³/mol. The molecule has 1 aromatic rings. The number of rotatable bonds is 2. The van der Waals surface area contributed by atoms with Gasteiger partial charge in [0.05, 0.1) is 0 Å². The van der Waals surface area contributed by atoms with Crippen molar-refractivity contribution in [1.82, 2.24) is 0 Å². The largest absolute Gasteiger partial charge is 0.475 e. The van der Waals surface area contributed by atoms with Crippen LogP contribution in [0.15, 0.2) is 16.5 Å². The molecule has 0 spiro atoms. The van der Waals surface area contributed by atoms with Gasteiger partial charge in [-0.05, 0) is 36.8 Å². The van der Waals surface area contributed by atoms with Crippen LogP contribution in [0.4, 0.5) is 0 Å². The Kier molecular flexibility index (Phi) is 3.00. The third-order valence-electron chi connectivity index (χ3n) is 3.81. The smallest absolute Gasteiger partial charge is 0.371 e. The van der Waals surface area contributed by atoms with Crippen LogP contribution in [0.2, 0.25) is 0 Å². The Hall–Kier alpha value is -1.29. The second-order valence-corrected chi connectivity index (χ2v) is 5.18. The molecule has 1 aliphatic rings. The summed E-state index contributed by atoms with van der Waals surface area (Å²) in [5.41, 5.74) is -1.02. The fraction of sp³-hybridized carbons (Fsp3) is 0.615. The molecule has 3 atom stereocenters. The van der Waals surface area contributed by atoms with Crippen molar-refractivity contribution in [3.63, 3.8) is 0 Å². The molecule has 1 aliphatic carbocycles. The number of hydrogen-bond acceptors (Lipinski definition) is 3. The van der Waals surface area contributed by atoms with Gasteiger partial charge in [0.1, 0.15) is 11.4 Å². The van der Waals surface area contributed by atoms with Crippen LogP contribution in [-0.4, -0.2) is 16.2 Å². The molecule has 1 saturated carbocycles. The Morgan fingerprint density at radius 2 is 2.12 bits per heavy atom. The van der Waals surface area contributed by atoms with Crippen molar-refractivity contribution in [2.75, 3.05) is 0 Å².